The lowest BCUT2D eigenvalue weighted by atomic mass is 10.0. The lowest BCUT2D eigenvalue weighted by Gasteiger charge is -2.27. The number of hydrogen-bond acceptors (Lipinski definition) is 7. The SMILES string of the molecule is Cc1ccc(S(=O)(=O)OCCc2cccc3c2C(=O)N(C2CCC(=O)NC2=O)C3=O)cc1. The summed E-state index contributed by atoms with van der Waals surface area (Å²) in [5.74, 6) is -2.40. The lowest BCUT2D eigenvalue weighted by Crippen LogP contribution is -2.54. The molecule has 2 aliphatic heterocycles. The summed E-state index contributed by atoms with van der Waals surface area (Å²) in [6.07, 6.45) is 0.154. The Balaban J connectivity index is 1.51. The number of piperidine rings is 1. The van der Waals surface area contributed by atoms with Crippen molar-refractivity contribution in [2.45, 2.75) is 37.1 Å². The third-order valence-corrected chi connectivity index (χ3v) is 6.80. The molecule has 166 valence electrons. The highest BCUT2D eigenvalue weighted by Gasteiger charge is 2.45. The van der Waals surface area contributed by atoms with Crippen LogP contribution < -0.4 is 5.32 Å². The van der Waals surface area contributed by atoms with Gasteiger partial charge in [0.2, 0.25) is 11.8 Å². The van der Waals surface area contributed by atoms with Crippen LogP contribution in [0.5, 0.6) is 0 Å². The van der Waals surface area contributed by atoms with E-state index in [0.717, 1.165) is 10.5 Å². The summed E-state index contributed by atoms with van der Waals surface area (Å²) in [6.45, 7) is 1.61. The van der Waals surface area contributed by atoms with Gasteiger partial charge in [0.1, 0.15) is 6.04 Å². The Morgan fingerprint density at radius 2 is 1.75 bits per heavy atom. The first-order valence-electron chi connectivity index (χ1n) is 9.98. The molecular formula is C22H20N2O7S. The van der Waals surface area contributed by atoms with Crippen LogP contribution in [0.2, 0.25) is 0 Å². The highest BCUT2D eigenvalue weighted by atomic mass is 32.2. The highest BCUT2D eigenvalue weighted by molar-refractivity contribution is 7.86. The Labute approximate surface area is 184 Å². The number of nitrogens with zero attached hydrogens (tertiary/aromatic N) is 1. The van der Waals surface area contributed by atoms with E-state index in [1.54, 1.807) is 24.3 Å². The lowest BCUT2D eigenvalue weighted by molar-refractivity contribution is -0.136. The van der Waals surface area contributed by atoms with E-state index in [0.29, 0.717) is 5.56 Å². The molecule has 0 saturated carbocycles. The van der Waals surface area contributed by atoms with E-state index in [9.17, 15) is 27.6 Å². The fourth-order valence-corrected chi connectivity index (χ4v) is 4.74. The summed E-state index contributed by atoms with van der Waals surface area (Å²) >= 11 is 0. The van der Waals surface area contributed by atoms with Gasteiger partial charge in [0.25, 0.3) is 21.9 Å². The molecule has 9 nitrogen and oxygen atoms in total. The second-order valence-electron chi connectivity index (χ2n) is 7.63. The molecule has 2 aromatic carbocycles. The Bertz CT molecular complexity index is 1240. The molecule has 4 amide bonds. The molecule has 10 heteroatoms. The Morgan fingerprint density at radius 3 is 2.44 bits per heavy atom. The highest BCUT2D eigenvalue weighted by Crippen LogP contribution is 2.30. The first-order chi connectivity index (χ1) is 15.2. The number of carbonyl (C=O) groups is 4. The van der Waals surface area contributed by atoms with Gasteiger partial charge in [-0.2, -0.15) is 8.42 Å². The molecule has 0 bridgehead atoms. The molecule has 0 radical (unpaired) electrons. The van der Waals surface area contributed by atoms with E-state index >= 15 is 0 Å². The average molecular weight is 456 g/mol. The summed E-state index contributed by atoms with van der Waals surface area (Å²) in [5.41, 5.74) is 1.61. The zero-order chi connectivity index (χ0) is 23.0. The standard InChI is InChI=1S/C22H20N2O7S/c1-13-5-7-15(8-6-13)32(29,30)31-12-11-14-3-2-4-16-19(14)22(28)24(21(16)27)17-9-10-18(25)23-20(17)26/h2-8,17H,9-12H2,1H3,(H,23,25,26). The van der Waals surface area contributed by atoms with E-state index in [4.69, 9.17) is 4.18 Å². The summed E-state index contributed by atoms with van der Waals surface area (Å²) in [4.78, 5) is 50.4. The van der Waals surface area contributed by atoms with Gasteiger partial charge in [-0.3, -0.25) is 33.6 Å². The molecule has 1 atom stereocenters. The van der Waals surface area contributed by atoms with E-state index < -0.39 is 39.8 Å². The van der Waals surface area contributed by atoms with Crippen LogP contribution in [0.3, 0.4) is 0 Å². The van der Waals surface area contributed by atoms with E-state index in [1.807, 2.05) is 6.92 Å². The van der Waals surface area contributed by atoms with Crippen molar-refractivity contribution in [1.29, 1.82) is 0 Å². The molecule has 0 spiro atoms. The Hall–Kier alpha value is -3.37. The van der Waals surface area contributed by atoms with Crippen molar-refractivity contribution in [1.82, 2.24) is 10.2 Å². The van der Waals surface area contributed by atoms with Crippen LogP contribution in [0.4, 0.5) is 0 Å². The second kappa shape index (κ2) is 8.29. The molecule has 0 aromatic heterocycles. The van der Waals surface area contributed by atoms with Gasteiger partial charge in [0, 0.05) is 6.42 Å². The topological polar surface area (TPSA) is 127 Å². The van der Waals surface area contributed by atoms with E-state index in [1.165, 1.54) is 18.2 Å². The number of benzene rings is 2. The smallest absolute Gasteiger partial charge is 0.295 e. The maximum atomic E-state index is 13.0. The zero-order valence-electron chi connectivity index (χ0n) is 17.2. The third kappa shape index (κ3) is 3.94. The molecule has 32 heavy (non-hydrogen) atoms. The average Bonchev–Trinajstić information content (AvgIpc) is 3.00. The van der Waals surface area contributed by atoms with Crippen molar-refractivity contribution in [2.75, 3.05) is 6.61 Å². The predicted octanol–water partition coefficient (Wildman–Crippen LogP) is 1.34. The van der Waals surface area contributed by atoms with Crippen LogP contribution >= 0.6 is 0 Å². The normalized spacial score (nSPS) is 18.7. The van der Waals surface area contributed by atoms with Gasteiger partial charge in [-0.1, -0.05) is 29.8 Å². The van der Waals surface area contributed by atoms with Crippen LogP contribution in [-0.4, -0.2) is 49.6 Å². The van der Waals surface area contributed by atoms with Gasteiger partial charge < -0.3 is 0 Å². The minimum absolute atomic E-state index is 0.0247. The third-order valence-electron chi connectivity index (χ3n) is 5.47. The number of carbonyl (C=O) groups excluding carboxylic acids is 4. The van der Waals surface area contributed by atoms with Gasteiger partial charge in [-0.25, -0.2) is 0 Å². The number of amides is 4. The molecule has 4 rings (SSSR count). The molecule has 2 heterocycles. The van der Waals surface area contributed by atoms with Gasteiger partial charge in [0.15, 0.2) is 0 Å². The van der Waals surface area contributed by atoms with Crippen molar-refractivity contribution in [2.24, 2.45) is 0 Å². The van der Waals surface area contributed by atoms with Crippen LogP contribution in [0.1, 0.15) is 44.7 Å². The fourth-order valence-electron chi connectivity index (χ4n) is 3.83. The van der Waals surface area contributed by atoms with Crippen molar-refractivity contribution in [3.8, 4) is 0 Å². The number of imide groups is 2. The maximum Gasteiger partial charge on any atom is 0.296 e. The van der Waals surface area contributed by atoms with Crippen molar-refractivity contribution >= 4 is 33.7 Å². The van der Waals surface area contributed by atoms with E-state index in [2.05, 4.69) is 5.32 Å². The summed E-state index contributed by atoms with van der Waals surface area (Å²) < 4.78 is 29.9. The molecular weight excluding hydrogens is 436 g/mol. The van der Waals surface area contributed by atoms with Crippen LogP contribution in [0, 0.1) is 6.92 Å². The number of aryl methyl sites for hydroxylation is 1. The van der Waals surface area contributed by atoms with Gasteiger partial charge in [-0.05, 0) is 43.5 Å². The molecule has 2 aliphatic rings. The van der Waals surface area contributed by atoms with Gasteiger partial charge in [0.05, 0.1) is 22.6 Å². The number of fused-ring (bicyclic) bond motifs is 1. The number of nitrogens with one attached hydrogen (secondary N) is 1. The maximum absolute atomic E-state index is 13.0. The van der Waals surface area contributed by atoms with Crippen LogP contribution in [0.15, 0.2) is 47.4 Å². The van der Waals surface area contributed by atoms with Gasteiger partial charge in [-0.15, -0.1) is 0 Å². The first kappa shape index (κ1) is 21.8. The minimum atomic E-state index is -3.97. The Kier molecular flexibility index (Phi) is 5.66. The summed E-state index contributed by atoms with van der Waals surface area (Å²) in [7, 11) is -3.97. The van der Waals surface area contributed by atoms with Crippen LogP contribution in [0.25, 0.3) is 0 Å². The molecule has 1 N–H and O–H groups in total. The fraction of sp³-hybridized carbons (Fsp3) is 0.273. The predicted molar refractivity (Wildman–Crippen MR) is 111 cm³/mol. The van der Waals surface area contributed by atoms with Crippen molar-refractivity contribution in [3.63, 3.8) is 0 Å². The molecule has 1 saturated heterocycles. The summed E-state index contributed by atoms with van der Waals surface area (Å²) in [5, 5.41) is 2.15. The Morgan fingerprint density at radius 1 is 1.03 bits per heavy atom. The summed E-state index contributed by atoms with van der Waals surface area (Å²) in [6, 6.07) is 9.83. The van der Waals surface area contributed by atoms with Crippen molar-refractivity contribution < 1.29 is 31.8 Å². The monoisotopic (exact) mass is 456 g/mol. The second-order valence-corrected chi connectivity index (χ2v) is 9.24. The molecule has 2 aromatic rings. The quantitative estimate of drug-likeness (QED) is 0.513. The number of rotatable bonds is 6. The minimum Gasteiger partial charge on any atom is -0.295 e. The zero-order valence-corrected chi connectivity index (χ0v) is 18.0. The largest absolute Gasteiger partial charge is 0.296 e. The molecule has 1 unspecified atom stereocenters. The molecule has 1 fully saturated rings. The van der Waals surface area contributed by atoms with E-state index in [-0.39, 0.29) is 41.9 Å². The number of hydrogen-bond donors (Lipinski definition) is 1. The first-order valence-corrected chi connectivity index (χ1v) is 11.4. The molecule has 0 aliphatic carbocycles. The van der Waals surface area contributed by atoms with Crippen LogP contribution in [-0.2, 0) is 30.3 Å². The van der Waals surface area contributed by atoms with Gasteiger partial charge >= 0.3 is 0 Å². The van der Waals surface area contributed by atoms with Crippen molar-refractivity contribution in [3.05, 3.63) is 64.7 Å².